The van der Waals surface area contributed by atoms with Crippen LogP contribution in [0, 0.1) is 3.57 Å². The van der Waals surface area contributed by atoms with Crippen LogP contribution in [0.5, 0.6) is 0 Å². The third-order valence-electron chi connectivity index (χ3n) is 3.39. The van der Waals surface area contributed by atoms with Crippen LogP contribution in [0.2, 0.25) is 6.82 Å². The fourth-order valence-electron chi connectivity index (χ4n) is 2.28. The number of nitrogens with zero attached hydrogens (tertiary/aromatic N) is 3. The average molecular weight is 382 g/mol. The maximum Gasteiger partial charge on any atom is 0.259 e. The summed E-state index contributed by atoms with van der Waals surface area (Å²) in [5.41, 5.74) is 1.69. The van der Waals surface area contributed by atoms with Gasteiger partial charge in [0.2, 0.25) is 0 Å². The van der Waals surface area contributed by atoms with E-state index >= 15 is 0 Å². The zero-order chi connectivity index (χ0) is 14.1. The van der Waals surface area contributed by atoms with Gasteiger partial charge in [-0.15, -0.1) is 0 Å². The third-order valence-corrected chi connectivity index (χ3v) is 4.19. The highest BCUT2D eigenvalue weighted by molar-refractivity contribution is 14.1. The van der Waals surface area contributed by atoms with Crippen molar-refractivity contribution in [2.45, 2.75) is 6.82 Å². The molecular formula is C13H14BIN3O2. The van der Waals surface area contributed by atoms with Crippen LogP contribution in [-0.2, 0) is 4.74 Å². The smallest absolute Gasteiger partial charge is 0.259 e. The summed E-state index contributed by atoms with van der Waals surface area (Å²) in [4.78, 5) is 19.1. The molecule has 2 aromatic rings. The van der Waals surface area contributed by atoms with E-state index in [4.69, 9.17) is 4.74 Å². The van der Waals surface area contributed by atoms with E-state index in [9.17, 15) is 4.79 Å². The number of hydrogen-bond donors (Lipinski definition) is 0. The molecule has 2 aromatic heterocycles. The van der Waals surface area contributed by atoms with Crippen LogP contribution in [-0.4, -0.2) is 43.0 Å². The number of hydrogen-bond acceptors (Lipinski definition) is 4. The molecule has 0 unspecified atom stereocenters. The normalized spacial score (nSPS) is 15.6. The Balaban J connectivity index is 2.13. The fourth-order valence-corrected chi connectivity index (χ4v) is 3.02. The zero-order valence-electron chi connectivity index (χ0n) is 11.2. The topological polar surface area (TPSA) is 46.8 Å². The molecule has 0 bridgehead atoms. The lowest BCUT2D eigenvalue weighted by Gasteiger charge is -2.27. The predicted octanol–water partition coefficient (Wildman–Crippen LogP) is 0.513. The zero-order valence-corrected chi connectivity index (χ0v) is 13.3. The van der Waals surface area contributed by atoms with E-state index in [2.05, 4.69) is 32.5 Å². The van der Waals surface area contributed by atoms with E-state index in [1.54, 1.807) is 10.5 Å². The lowest BCUT2D eigenvalue weighted by molar-refractivity contribution is 0.122. The SMILES string of the molecule is C[B]c1cc(I)c2nc(N3CCOCC3)cc(=O)n2c1. The number of aromatic nitrogens is 2. The molecule has 0 N–H and O–H groups in total. The number of fused-ring (bicyclic) bond motifs is 1. The van der Waals surface area contributed by atoms with Crippen LogP contribution in [0.25, 0.3) is 5.65 Å². The Bertz CT molecular complexity index is 698. The quantitative estimate of drug-likeness (QED) is 0.562. The van der Waals surface area contributed by atoms with E-state index in [0.29, 0.717) is 18.9 Å². The molecule has 0 aromatic carbocycles. The van der Waals surface area contributed by atoms with Crippen molar-refractivity contribution in [1.29, 1.82) is 0 Å². The Hall–Kier alpha value is -1.09. The largest absolute Gasteiger partial charge is 0.378 e. The van der Waals surface area contributed by atoms with Crippen LogP contribution in [0.4, 0.5) is 5.82 Å². The van der Waals surface area contributed by atoms with Gasteiger partial charge in [0.05, 0.1) is 16.8 Å². The van der Waals surface area contributed by atoms with Gasteiger partial charge in [-0.3, -0.25) is 9.20 Å². The van der Waals surface area contributed by atoms with Crippen LogP contribution >= 0.6 is 22.6 Å². The molecule has 0 amide bonds. The maximum absolute atomic E-state index is 12.3. The highest BCUT2D eigenvalue weighted by Gasteiger charge is 2.15. The molecule has 0 saturated carbocycles. The Kier molecular flexibility index (Phi) is 3.97. The molecular weight excluding hydrogens is 368 g/mol. The lowest BCUT2D eigenvalue weighted by atomic mass is 9.74. The van der Waals surface area contributed by atoms with E-state index < -0.39 is 0 Å². The molecule has 3 rings (SSSR count). The van der Waals surface area contributed by atoms with Crippen molar-refractivity contribution >= 4 is 46.8 Å². The van der Waals surface area contributed by atoms with Gasteiger partial charge in [-0.05, 0) is 28.7 Å². The third kappa shape index (κ3) is 2.56. The first-order chi connectivity index (χ1) is 9.69. The first-order valence-corrected chi connectivity index (χ1v) is 7.62. The van der Waals surface area contributed by atoms with Gasteiger partial charge in [0.1, 0.15) is 13.1 Å². The van der Waals surface area contributed by atoms with Crippen LogP contribution in [0.15, 0.2) is 23.1 Å². The van der Waals surface area contributed by atoms with E-state index in [0.717, 1.165) is 27.9 Å². The van der Waals surface area contributed by atoms with Gasteiger partial charge in [-0.2, -0.15) is 0 Å². The summed E-state index contributed by atoms with van der Waals surface area (Å²) in [7, 11) is 1.98. The Morgan fingerprint density at radius 2 is 2.10 bits per heavy atom. The number of halogens is 1. The highest BCUT2D eigenvalue weighted by atomic mass is 127. The number of anilines is 1. The number of ether oxygens (including phenoxy) is 1. The lowest BCUT2D eigenvalue weighted by Crippen LogP contribution is -2.37. The summed E-state index contributed by atoms with van der Waals surface area (Å²) >= 11 is 2.23. The second kappa shape index (κ2) is 5.73. The van der Waals surface area contributed by atoms with Gasteiger partial charge < -0.3 is 9.64 Å². The second-order valence-corrected chi connectivity index (χ2v) is 5.82. The number of pyridine rings is 1. The van der Waals surface area contributed by atoms with Gasteiger partial charge in [-0.25, -0.2) is 4.98 Å². The van der Waals surface area contributed by atoms with Crippen LogP contribution in [0.1, 0.15) is 0 Å². The summed E-state index contributed by atoms with van der Waals surface area (Å²) in [6.45, 7) is 4.88. The summed E-state index contributed by atoms with van der Waals surface area (Å²) in [5, 5.41) is 0. The molecule has 1 radical (unpaired) electrons. The van der Waals surface area contributed by atoms with E-state index in [1.165, 1.54) is 0 Å². The van der Waals surface area contributed by atoms with Gasteiger partial charge in [0.25, 0.3) is 5.56 Å². The minimum atomic E-state index is -0.0434. The Labute approximate surface area is 131 Å². The molecule has 103 valence electrons. The summed E-state index contributed by atoms with van der Waals surface area (Å²) in [6, 6.07) is 3.64. The van der Waals surface area contributed by atoms with E-state index in [-0.39, 0.29) is 5.56 Å². The van der Waals surface area contributed by atoms with Gasteiger partial charge in [0, 0.05) is 25.4 Å². The maximum atomic E-state index is 12.3. The van der Waals surface area contributed by atoms with Crippen LogP contribution < -0.4 is 15.9 Å². The highest BCUT2D eigenvalue weighted by Crippen LogP contribution is 2.15. The van der Waals surface area contributed by atoms with Crippen molar-refractivity contribution in [1.82, 2.24) is 9.38 Å². The molecule has 7 heteroatoms. The molecule has 1 saturated heterocycles. The van der Waals surface area contributed by atoms with Crippen molar-refractivity contribution in [2.24, 2.45) is 0 Å². The molecule has 1 fully saturated rings. The van der Waals surface area contributed by atoms with Gasteiger partial charge in [-0.1, -0.05) is 12.3 Å². The molecule has 1 aliphatic heterocycles. The summed E-state index contributed by atoms with van der Waals surface area (Å²) in [6.07, 6.45) is 1.83. The van der Waals surface area contributed by atoms with Crippen molar-refractivity contribution < 1.29 is 4.74 Å². The fraction of sp³-hybridized carbons (Fsp3) is 0.385. The molecule has 0 atom stereocenters. The standard InChI is InChI=1S/C13H14BIN3O2/c1-14-9-6-10(15)13-16-11(7-12(19)18(13)8-9)17-2-4-20-5-3-17/h6-8H,2-5H2,1H3. The second-order valence-electron chi connectivity index (χ2n) is 4.66. The summed E-state index contributed by atoms with van der Waals surface area (Å²) < 4.78 is 7.92. The summed E-state index contributed by atoms with van der Waals surface area (Å²) in [5.74, 6) is 0.740. The molecule has 0 spiro atoms. The monoisotopic (exact) mass is 382 g/mol. The molecule has 20 heavy (non-hydrogen) atoms. The minimum absolute atomic E-state index is 0.0434. The molecule has 1 aliphatic rings. The predicted molar refractivity (Wildman–Crippen MR) is 88.5 cm³/mol. The first-order valence-electron chi connectivity index (χ1n) is 6.54. The Morgan fingerprint density at radius 3 is 2.80 bits per heavy atom. The molecule has 5 nitrogen and oxygen atoms in total. The van der Waals surface area contributed by atoms with Crippen molar-refractivity contribution in [3.8, 4) is 0 Å². The van der Waals surface area contributed by atoms with E-state index in [1.807, 2.05) is 26.4 Å². The van der Waals surface area contributed by atoms with Crippen molar-refractivity contribution in [3.05, 3.63) is 32.3 Å². The minimum Gasteiger partial charge on any atom is -0.378 e. The molecule has 0 aliphatic carbocycles. The number of rotatable bonds is 2. The van der Waals surface area contributed by atoms with Crippen molar-refractivity contribution in [2.75, 3.05) is 31.2 Å². The van der Waals surface area contributed by atoms with Crippen LogP contribution in [0.3, 0.4) is 0 Å². The van der Waals surface area contributed by atoms with Gasteiger partial charge >= 0.3 is 0 Å². The van der Waals surface area contributed by atoms with Gasteiger partial charge in [0.15, 0.2) is 5.65 Å². The average Bonchev–Trinajstić information content (AvgIpc) is 2.48. The first kappa shape index (κ1) is 13.9. The van der Waals surface area contributed by atoms with Crippen molar-refractivity contribution in [3.63, 3.8) is 0 Å². The Morgan fingerprint density at radius 1 is 1.35 bits per heavy atom. The number of morpholine rings is 1. The molecule has 3 heterocycles.